The average molecular weight is 399 g/mol. The topological polar surface area (TPSA) is 54.5 Å². The molecule has 2 aromatic carbocycles. The first-order valence-corrected chi connectivity index (χ1v) is 10.6. The van der Waals surface area contributed by atoms with E-state index in [2.05, 4.69) is 39.5 Å². The Labute approximate surface area is 176 Å². The zero-order valence-electron chi connectivity index (χ0n) is 16.8. The number of ether oxygens (including phenoxy) is 1. The number of para-hydroxylation sites is 2. The number of anilines is 1. The number of benzene rings is 2. The molecule has 0 unspecified atom stereocenters. The molecule has 152 valence electrons. The number of aromatic nitrogens is 1. The Morgan fingerprint density at radius 2 is 1.77 bits per heavy atom. The summed E-state index contributed by atoms with van der Waals surface area (Å²) in [5.74, 6) is 1.31. The zero-order valence-corrected chi connectivity index (χ0v) is 16.8. The molecule has 2 heterocycles. The lowest BCUT2D eigenvalue weighted by Gasteiger charge is -2.29. The van der Waals surface area contributed by atoms with Crippen molar-refractivity contribution in [2.45, 2.75) is 37.8 Å². The molecule has 1 aromatic heterocycles. The maximum absolute atomic E-state index is 13.2. The Hall–Kier alpha value is -3.18. The minimum absolute atomic E-state index is 0.0469. The highest BCUT2D eigenvalue weighted by atomic mass is 16.5. The number of carbonyl (C=O) groups excluding carboxylic acids is 1. The molecule has 2 aliphatic rings. The molecule has 0 bridgehead atoms. The Bertz CT molecular complexity index is 1010. The van der Waals surface area contributed by atoms with Crippen LogP contribution in [0.5, 0.6) is 11.5 Å². The van der Waals surface area contributed by atoms with Gasteiger partial charge in [-0.25, -0.2) is 0 Å². The predicted molar refractivity (Wildman–Crippen MR) is 117 cm³/mol. The van der Waals surface area contributed by atoms with Crippen molar-refractivity contribution in [2.24, 2.45) is 0 Å². The Balaban J connectivity index is 1.30. The molecule has 1 atom stereocenters. The molecule has 5 heteroatoms. The van der Waals surface area contributed by atoms with Crippen molar-refractivity contribution in [1.29, 1.82) is 0 Å². The van der Waals surface area contributed by atoms with Gasteiger partial charge in [-0.05, 0) is 67.6 Å². The first-order chi connectivity index (χ1) is 14.8. The fourth-order valence-electron chi connectivity index (χ4n) is 4.69. The maximum atomic E-state index is 13.2. The van der Waals surface area contributed by atoms with Crippen molar-refractivity contribution in [2.75, 3.05) is 11.9 Å². The van der Waals surface area contributed by atoms with Crippen molar-refractivity contribution in [1.82, 2.24) is 9.88 Å². The highest BCUT2D eigenvalue weighted by molar-refractivity contribution is 5.96. The van der Waals surface area contributed by atoms with Crippen molar-refractivity contribution in [3.05, 3.63) is 84.2 Å². The van der Waals surface area contributed by atoms with Gasteiger partial charge in [0.15, 0.2) is 5.75 Å². The largest absolute Gasteiger partial charge is 0.454 e. The number of hydrogen-bond donors (Lipinski definition) is 1. The standard InChI is InChI=1S/C25H25N3O2/c29-25(27-22-10-3-4-12-24(22)30-21-9-5-13-26-17-21)23-11-6-14-28(23)20-15-18-7-1-2-8-19(18)16-20/h1-5,7-10,12-13,17,20,23H,6,11,14-16H2,(H,27,29)/t23-/m0/s1. The molecule has 1 amide bonds. The molecule has 5 rings (SSSR count). The van der Waals surface area contributed by atoms with E-state index >= 15 is 0 Å². The molecule has 3 aromatic rings. The number of nitrogens with zero attached hydrogens (tertiary/aromatic N) is 2. The van der Waals surface area contributed by atoms with Crippen LogP contribution in [0.1, 0.15) is 24.0 Å². The van der Waals surface area contributed by atoms with Gasteiger partial charge in [0.2, 0.25) is 5.91 Å². The van der Waals surface area contributed by atoms with Gasteiger partial charge >= 0.3 is 0 Å². The van der Waals surface area contributed by atoms with Gasteiger partial charge in [0.1, 0.15) is 5.75 Å². The second-order valence-corrected chi connectivity index (χ2v) is 8.00. The molecule has 1 aliphatic carbocycles. The van der Waals surface area contributed by atoms with Crippen LogP contribution in [0.2, 0.25) is 0 Å². The third kappa shape index (κ3) is 3.81. The van der Waals surface area contributed by atoms with Gasteiger partial charge < -0.3 is 10.1 Å². The van der Waals surface area contributed by atoms with E-state index in [1.54, 1.807) is 12.4 Å². The second kappa shape index (κ2) is 8.28. The Kier molecular flexibility index (Phi) is 5.20. The van der Waals surface area contributed by atoms with Crippen LogP contribution in [0.3, 0.4) is 0 Å². The van der Waals surface area contributed by atoms with E-state index < -0.39 is 0 Å². The van der Waals surface area contributed by atoms with Gasteiger partial charge in [0.05, 0.1) is 17.9 Å². The summed E-state index contributed by atoms with van der Waals surface area (Å²) in [6, 6.07) is 20.2. The number of amides is 1. The highest BCUT2D eigenvalue weighted by Crippen LogP contribution is 2.33. The summed E-state index contributed by atoms with van der Waals surface area (Å²) in [7, 11) is 0. The van der Waals surface area contributed by atoms with E-state index in [4.69, 9.17) is 4.74 Å². The summed E-state index contributed by atoms with van der Waals surface area (Å²) in [4.78, 5) is 19.7. The average Bonchev–Trinajstić information content (AvgIpc) is 3.43. The molecule has 1 aliphatic heterocycles. The van der Waals surface area contributed by atoms with Gasteiger partial charge in [-0.15, -0.1) is 0 Å². The number of fused-ring (bicyclic) bond motifs is 1. The Morgan fingerprint density at radius 3 is 2.53 bits per heavy atom. The molecule has 0 saturated carbocycles. The molecule has 1 N–H and O–H groups in total. The third-order valence-corrected chi connectivity index (χ3v) is 6.10. The fraction of sp³-hybridized carbons (Fsp3) is 0.280. The third-order valence-electron chi connectivity index (χ3n) is 6.10. The summed E-state index contributed by atoms with van der Waals surface area (Å²) in [5.41, 5.74) is 3.53. The minimum atomic E-state index is -0.101. The van der Waals surface area contributed by atoms with Crippen LogP contribution in [-0.4, -0.2) is 34.4 Å². The van der Waals surface area contributed by atoms with Gasteiger partial charge in [-0.3, -0.25) is 14.7 Å². The lowest BCUT2D eigenvalue weighted by atomic mass is 10.1. The van der Waals surface area contributed by atoms with E-state index in [0.717, 1.165) is 32.2 Å². The summed E-state index contributed by atoms with van der Waals surface area (Å²) < 4.78 is 5.95. The van der Waals surface area contributed by atoms with E-state index in [0.29, 0.717) is 23.2 Å². The zero-order chi connectivity index (χ0) is 20.3. The molecule has 0 radical (unpaired) electrons. The lowest BCUT2D eigenvalue weighted by Crippen LogP contribution is -2.45. The smallest absolute Gasteiger partial charge is 0.241 e. The number of rotatable bonds is 5. The van der Waals surface area contributed by atoms with Crippen molar-refractivity contribution in [3.63, 3.8) is 0 Å². The van der Waals surface area contributed by atoms with Gasteiger partial charge in [-0.2, -0.15) is 0 Å². The summed E-state index contributed by atoms with van der Waals surface area (Å²) in [6.07, 6.45) is 7.37. The van der Waals surface area contributed by atoms with Crippen molar-refractivity contribution < 1.29 is 9.53 Å². The molecular formula is C25H25N3O2. The number of likely N-dealkylation sites (tertiary alicyclic amines) is 1. The number of carbonyl (C=O) groups is 1. The molecule has 0 spiro atoms. The first-order valence-electron chi connectivity index (χ1n) is 10.6. The van der Waals surface area contributed by atoms with Crippen LogP contribution in [-0.2, 0) is 17.6 Å². The van der Waals surface area contributed by atoms with E-state index in [9.17, 15) is 4.79 Å². The maximum Gasteiger partial charge on any atom is 0.241 e. The summed E-state index contributed by atoms with van der Waals surface area (Å²) in [6.45, 7) is 0.977. The van der Waals surface area contributed by atoms with Gasteiger partial charge in [0, 0.05) is 12.2 Å². The number of pyridine rings is 1. The molecule has 1 fully saturated rings. The molecule has 30 heavy (non-hydrogen) atoms. The van der Waals surface area contributed by atoms with Crippen LogP contribution in [0, 0.1) is 0 Å². The van der Waals surface area contributed by atoms with Gasteiger partial charge in [-0.1, -0.05) is 36.4 Å². The highest BCUT2D eigenvalue weighted by Gasteiger charge is 2.38. The van der Waals surface area contributed by atoms with Crippen LogP contribution in [0.4, 0.5) is 5.69 Å². The monoisotopic (exact) mass is 399 g/mol. The second-order valence-electron chi connectivity index (χ2n) is 8.00. The molecular weight excluding hydrogens is 374 g/mol. The Morgan fingerprint density at radius 1 is 1.00 bits per heavy atom. The number of hydrogen-bond acceptors (Lipinski definition) is 4. The fourth-order valence-corrected chi connectivity index (χ4v) is 4.69. The lowest BCUT2D eigenvalue weighted by molar-refractivity contribution is -0.121. The molecule has 5 nitrogen and oxygen atoms in total. The summed E-state index contributed by atoms with van der Waals surface area (Å²) in [5, 5.41) is 3.12. The number of nitrogens with one attached hydrogen (secondary N) is 1. The van der Waals surface area contributed by atoms with Crippen LogP contribution in [0.25, 0.3) is 0 Å². The van der Waals surface area contributed by atoms with Crippen LogP contribution >= 0.6 is 0 Å². The van der Waals surface area contributed by atoms with Crippen molar-refractivity contribution >= 4 is 11.6 Å². The van der Waals surface area contributed by atoms with Crippen LogP contribution in [0.15, 0.2) is 73.1 Å². The first kappa shape index (κ1) is 18.8. The summed E-state index contributed by atoms with van der Waals surface area (Å²) >= 11 is 0. The quantitative estimate of drug-likeness (QED) is 0.689. The normalized spacial score (nSPS) is 18.9. The SMILES string of the molecule is O=C(Nc1ccccc1Oc1cccnc1)[C@@H]1CCCN1C1Cc2ccccc2C1. The van der Waals surface area contributed by atoms with Crippen LogP contribution < -0.4 is 10.1 Å². The van der Waals surface area contributed by atoms with E-state index in [1.807, 2.05) is 36.4 Å². The van der Waals surface area contributed by atoms with E-state index in [1.165, 1.54) is 11.1 Å². The predicted octanol–water partition coefficient (Wildman–Crippen LogP) is 4.44. The minimum Gasteiger partial charge on any atom is -0.454 e. The van der Waals surface area contributed by atoms with E-state index in [-0.39, 0.29) is 11.9 Å². The molecule has 1 saturated heterocycles. The van der Waals surface area contributed by atoms with Gasteiger partial charge in [0.25, 0.3) is 0 Å². The van der Waals surface area contributed by atoms with Crippen molar-refractivity contribution in [3.8, 4) is 11.5 Å².